The van der Waals surface area contributed by atoms with Gasteiger partial charge >= 0.3 is 0 Å². The fourth-order valence-electron chi connectivity index (χ4n) is 1.25. The highest BCUT2D eigenvalue weighted by atomic mass is 16.5. The van der Waals surface area contributed by atoms with E-state index in [0.717, 1.165) is 25.7 Å². The molecule has 0 unspecified atom stereocenters. The van der Waals surface area contributed by atoms with Gasteiger partial charge in [0.25, 0.3) is 0 Å². The molecule has 0 atom stereocenters. The normalized spacial score (nSPS) is 10.7. The minimum absolute atomic E-state index is 1.10. The molecule has 3 nitrogen and oxygen atoms in total. The highest BCUT2D eigenvalue weighted by Gasteiger charge is 1.74. The predicted molar refractivity (Wildman–Crippen MR) is 105 cm³/mol. The number of carbonyl (C=O) groups excluding carboxylic acids is 1. The van der Waals surface area contributed by atoms with Crippen LogP contribution in [0.2, 0.25) is 0 Å². The summed E-state index contributed by atoms with van der Waals surface area (Å²) >= 11 is 0. The van der Waals surface area contributed by atoms with Gasteiger partial charge in [-0.25, -0.2) is 0 Å². The van der Waals surface area contributed by atoms with Crippen LogP contribution >= 0.6 is 0 Å². The maximum atomic E-state index is 8.00. The maximum absolute atomic E-state index is 8.00. The Morgan fingerprint density at radius 2 is 0.750 bits per heavy atom. The molecule has 0 saturated carbocycles. The van der Waals surface area contributed by atoms with E-state index in [1.54, 1.807) is 25.0 Å². The Bertz CT molecular complexity index is 246. The highest BCUT2D eigenvalue weighted by molar-refractivity contribution is 5.11. The zero-order valence-corrected chi connectivity index (χ0v) is 16.2. The van der Waals surface area contributed by atoms with Gasteiger partial charge in [0.05, 0.1) is 25.0 Å². The first-order valence-electron chi connectivity index (χ1n) is 9.03. The fraction of sp³-hybridized carbons (Fsp3) is 0.571. The van der Waals surface area contributed by atoms with E-state index in [0.29, 0.717) is 0 Å². The molecule has 0 aromatic carbocycles. The van der Waals surface area contributed by atoms with Crippen LogP contribution in [0.15, 0.2) is 49.4 Å². The summed E-state index contributed by atoms with van der Waals surface area (Å²) < 4.78 is 10.2. The third kappa shape index (κ3) is 36.9. The number of carbonyl (C=O) groups is 1. The Morgan fingerprint density at radius 3 is 0.917 bits per heavy atom. The lowest BCUT2D eigenvalue weighted by Gasteiger charge is -1.88. The van der Waals surface area contributed by atoms with Gasteiger partial charge in [0.2, 0.25) is 0 Å². The molecule has 0 spiro atoms. The number of unbranched alkanes of at least 4 members (excludes halogenated alkanes) is 4. The molecule has 0 aliphatic carbocycles. The lowest BCUT2D eigenvalue weighted by Crippen LogP contribution is -1.67. The van der Waals surface area contributed by atoms with Crippen molar-refractivity contribution in [2.45, 2.75) is 79.1 Å². The second-order valence-electron chi connectivity index (χ2n) is 4.91. The SMILES string of the molecule is C=O.CCCC=COC=CCCC.CCCC=COC=CCCC. The van der Waals surface area contributed by atoms with Gasteiger partial charge in [-0.1, -0.05) is 53.4 Å². The molecule has 0 aliphatic rings. The van der Waals surface area contributed by atoms with Gasteiger partial charge in [-0.2, -0.15) is 0 Å². The molecule has 0 bridgehead atoms. The van der Waals surface area contributed by atoms with Crippen molar-refractivity contribution in [1.29, 1.82) is 0 Å². The van der Waals surface area contributed by atoms with Crippen molar-refractivity contribution in [3.05, 3.63) is 49.4 Å². The van der Waals surface area contributed by atoms with Gasteiger partial charge in [0.1, 0.15) is 6.79 Å². The van der Waals surface area contributed by atoms with Crippen LogP contribution in [0.3, 0.4) is 0 Å². The van der Waals surface area contributed by atoms with Crippen molar-refractivity contribution in [2.24, 2.45) is 0 Å². The number of allylic oxidation sites excluding steroid dienone is 4. The quantitative estimate of drug-likeness (QED) is 0.357. The molecule has 140 valence electrons. The molecule has 0 N–H and O–H groups in total. The van der Waals surface area contributed by atoms with Crippen LogP contribution < -0.4 is 0 Å². The molecular formula is C21H38O3. The van der Waals surface area contributed by atoms with E-state index < -0.39 is 0 Å². The van der Waals surface area contributed by atoms with Gasteiger partial charge in [0.15, 0.2) is 0 Å². The van der Waals surface area contributed by atoms with Crippen molar-refractivity contribution in [2.75, 3.05) is 0 Å². The molecule has 0 aromatic rings. The first-order chi connectivity index (χ1) is 11.8. The van der Waals surface area contributed by atoms with Crippen LogP contribution in [0, 0.1) is 0 Å². The minimum Gasteiger partial charge on any atom is -0.473 e. The van der Waals surface area contributed by atoms with E-state index in [-0.39, 0.29) is 0 Å². The van der Waals surface area contributed by atoms with E-state index in [1.807, 2.05) is 31.1 Å². The van der Waals surface area contributed by atoms with E-state index in [2.05, 4.69) is 27.7 Å². The molecule has 0 rings (SSSR count). The van der Waals surface area contributed by atoms with Crippen LogP contribution in [-0.4, -0.2) is 6.79 Å². The van der Waals surface area contributed by atoms with Crippen molar-refractivity contribution in [1.82, 2.24) is 0 Å². The Kier molecular flexibility index (Phi) is 37.2. The van der Waals surface area contributed by atoms with Crippen molar-refractivity contribution in [3.63, 3.8) is 0 Å². The Balaban J connectivity index is -0.000000333. The van der Waals surface area contributed by atoms with Crippen LogP contribution in [-0.2, 0) is 14.3 Å². The van der Waals surface area contributed by atoms with Gasteiger partial charge in [0, 0.05) is 0 Å². The second-order valence-corrected chi connectivity index (χ2v) is 4.91. The molecule has 3 heteroatoms. The van der Waals surface area contributed by atoms with Crippen LogP contribution in [0.1, 0.15) is 79.1 Å². The van der Waals surface area contributed by atoms with Crippen molar-refractivity contribution >= 4 is 6.79 Å². The van der Waals surface area contributed by atoms with Crippen molar-refractivity contribution in [3.8, 4) is 0 Å². The topological polar surface area (TPSA) is 35.5 Å². The minimum atomic E-state index is 1.10. The molecule has 0 aliphatic heterocycles. The molecule has 0 fully saturated rings. The Hall–Kier alpha value is -1.77. The first kappa shape index (κ1) is 27.1. The summed E-state index contributed by atoms with van der Waals surface area (Å²) in [7, 11) is 0. The first-order valence-corrected chi connectivity index (χ1v) is 9.03. The summed E-state index contributed by atoms with van der Waals surface area (Å²) in [5.74, 6) is 0. The average molecular weight is 339 g/mol. The van der Waals surface area contributed by atoms with Crippen LogP contribution in [0.5, 0.6) is 0 Å². The van der Waals surface area contributed by atoms with Gasteiger partial charge in [-0.3, -0.25) is 0 Å². The van der Waals surface area contributed by atoms with E-state index >= 15 is 0 Å². The summed E-state index contributed by atoms with van der Waals surface area (Å²) in [5, 5.41) is 0. The second kappa shape index (κ2) is 33.0. The smallest absolute Gasteiger partial charge is 0.106 e. The van der Waals surface area contributed by atoms with Gasteiger partial charge in [-0.15, -0.1) is 0 Å². The van der Waals surface area contributed by atoms with Crippen molar-refractivity contribution < 1.29 is 14.3 Å². The number of hydrogen-bond acceptors (Lipinski definition) is 3. The molecule has 0 aromatic heterocycles. The van der Waals surface area contributed by atoms with Crippen LogP contribution in [0.4, 0.5) is 0 Å². The number of ether oxygens (including phenoxy) is 2. The molecule has 0 saturated heterocycles. The molecule has 0 heterocycles. The summed E-state index contributed by atoms with van der Waals surface area (Å²) in [5.41, 5.74) is 0. The third-order valence-electron chi connectivity index (χ3n) is 2.52. The van der Waals surface area contributed by atoms with Gasteiger partial charge < -0.3 is 14.3 Å². The summed E-state index contributed by atoms with van der Waals surface area (Å²) in [6.45, 7) is 10.6. The molecule has 0 radical (unpaired) electrons. The highest BCUT2D eigenvalue weighted by Crippen LogP contribution is 1.93. The Morgan fingerprint density at radius 1 is 0.542 bits per heavy atom. The number of hydrogen-bond donors (Lipinski definition) is 0. The average Bonchev–Trinajstić information content (AvgIpc) is 2.63. The largest absolute Gasteiger partial charge is 0.473 e. The lowest BCUT2D eigenvalue weighted by atomic mass is 10.3. The predicted octanol–water partition coefficient (Wildman–Crippen LogP) is 7.08. The molecular weight excluding hydrogens is 300 g/mol. The van der Waals surface area contributed by atoms with E-state index in [9.17, 15) is 0 Å². The monoisotopic (exact) mass is 338 g/mol. The van der Waals surface area contributed by atoms with E-state index in [4.69, 9.17) is 14.3 Å². The van der Waals surface area contributed by atoms with Gasteiger partial charge in [-0.05, 0) is 50.0 Å². The standard InChI is InChI=1S/2C10H18O.CH2O/c2*1-3-5-7-9-11-10-8-6-4-2;1-2/h2*7-10H,3-6H2,1-2H3;1H2. The van der Waals surface area contributed by atoms with Crippen LogP contribution in [0.25, 0.3) is 0 Å². The Labute approximate surface area is 150 Å². The summed E-state index contributed by atoms with van der Waals surface area (Å²) in [4.78, 5) is 8.00. The summed E-state index contributed by atoms with van der Waals surface area (Å²) in [6, 6.07) is 0. The zero-order chi connectivity index (χ0) is 18.7. The number of rotatable bonds is 12. The molecule has 24 heavy (non-hydrogen) atoms. The van der Waals surface area contributed by atoms with E-state index in [1.165, 1.54) is 25.7 Å². The third-order valence-corrected chi connectivity index (χ3v) is 2.52. The fourth-order valence-corrected chi connectivity index (χ4v) is 1.25. The lowest BCUT2D eigenvalue weighted by molar-refractivity contribution is -0.0979. The zero-order valence-electron chi connectivity index (χ0n) is 16.2. The summed E-state index contributed by atoms with van der Waals surface area (Å²) in [6.07, 6.45) is 24.2. The molecule has 0 amide bonds. The maximum Gasteiger partial charge on any atom is 0.106 e.